The van der Waals surface area contributed by atoms with E-state index >= 15 is 0 Å². The van der Waals surface area contributed by atoms with Gasteiger partial charge in [-0.2, -0.15) is 0 Å². The van der Waals surface area contributed by atoms with Crippen molar-refractivity contribution in [2.75, 3.05) is 13.3 Å². The van der Waals surface area contributed by atoms with E-state index in [1.165, 1.54) is 0 Å². The van der Waals surface area contributed by atoms with Gasteiger partial charge < -0.3 is 19.7 Å². The highest BCUT2D eigenvalue weighted by molar-refractivity contribution is 5.74. The summed E-state index contributed by atoms with van der Waals surface area (Å²) in [5.41, 5.74) is 2.15. The van der Waals surface area contributed by atoms with Gasteiger partial charge in [0, 0.05) is 13.1 Å². The summed E-state index contributed by atoms with van der Waals surface area (Å²) in [6.45, 7) is 3.69. The SMILES string of the molecule is CCOc1ccc(OCNC(=O)N(Cc2ccccc2)Cc2ccccc2)cc1. The van der Waals surface area contributed by atoms with Gasteiger partial charge in [-0.25, -0.2) is 4.79 Å². The van der Waals surface area contributed by atoms with Gasteiger partial charge in [0.2, 0.25) is 0 Å². The van der Waals surface area contributed by atoms with Crippen molar-refractivity contribution in [1.82, 2.24) is 10.2 Å². The number of urea groups is 1. The standard InChI is InChI=1S/C24H26N2O3/c1-2-28-22-13-15-23(16-14-22)29-19-25-24(27)26(17-20-9-5-3-6-10-20)18-21-11-7-4-8-12-21/h3-16H,2,17-19H2,1H3,(H,25,27). The first-order valence-electron chi connectivity index (χ1n) is 9.71. The van der Waals surface area contributed by atoms with E-state index < -0.39 is 0 Å². The van der Waals surface area contributed by atoms with E-state index in [0.717, 1.165) is 16.9 Å². The number of nitrogens with one attached hydrogen (secondary N) is 1. The van der Waals surface area contributed by atoms with E-state index in [1.54, 1.807) is 4.90 Å². The third-order valence-electron chi connectivity index (χ3n) is 4.32. The minimum absolute atomic E-state index is 0.0902. The average molecular weight is 390 g/mol. The molecule has 29 heavy (non-hydrogen) atoms. The quantitative estimate of drug-likeness (QED) is 0.532. The predicted molar refractivity (Wildman–Crippen MR) is 114 cm³/mol. The molecule has 0 atom stereocenters. The van der Waals surface area contributed by atoms with Crippen molar-refractivity contribution in [2.24, 2.45) is 0 Å². The number of ether oxygens (including phenoxy) is 2. The van der Waals surface area contributed by atoms with Crippen molar-refractivity contribution >= 4 is 6.03 Å². The maximum absolute atomic E-state index is 12.8. The van der Waals surface area contributed by atoms with Gasteiger partial charge in [-0.1, -0.05) is 60.7 Å². The van der Waals surface area contributed by atoms with Gasteiger partial charge in [0.15, 0.2) is 6.73 Å². The molecule has 0 radical (unpaired) electrons. The Bertz CT molecular complexity index is 826. The smallest absolute Gasteiger partial charge is 0.320 e. The fourth-order valence-corrected chi connectivity index (χ4v) is 2.90. The van der Waals surface area contributed by atoms with Crippen LogP contribution in [0.15, 0.2) is 84.9 Å². The van der Waals surface area contributed by atoms with Crippen LogP contribution >= 0.6 is 0 Å². The molecule has 0 heterocycles. The molecule has 0 saturated carbocycles. The number of rotatable bonds is 9. The van der Waals surface area contributed by atoms with Gasteiger partial charge in [-0.05, 0) is 42.3 Å². The van der Waals surface area contributed by atoms with E-state index in [2.05, 4.69) is 5.32 Å². The molecule has 0 aliphatic carbocycles. The zero-order valence-electron chi connectivity index (χ0n) is 16.6. The summed E-state index contributed by atoms with van der Waals surface area (Å²) in [4.78, 5) is 14.6. The first-order chi connectivity index (χ1) is 14.2. The topological polar surface area (TPSA) is 50.8 Å². The number of nitrogens with zero attached hydrogens (tertiary/aromatic N) is 1. The second kappa shape index (κ2) is 10.8. The Labute approximate surface area is 171 Å². The van der Waals surface area contributed by atoms with Crippen LogP contribution in [0, 0.1) is 0 Å². The van der Waals surface area contributed by atoms with Crippen molar-refractivity contribution in [3.63, 3.8) is 0 Å². The van der Waals surface area contributed by atoms with E-state index in [-0.39, 0.29) is 12.8 Å². The molecule has 3 aromatic rings. The molecule has 3 aromatic carbocycles. The molecule has 0 aliphatic heterocycles. The first kappa shape index (κ1) is 20.3. The van der Waals surface area contributed by atoms with Crippen LogP contribution in [0.5, 0.6) is 11.5 Å². The highest BCUT2D eigenvalue weighted by Crippen LogP contribution is 2.17. The zero-order chi connectivity index (χ0) is 20.3. The maximum Gasteiger partial charge on any atom is 0.320 e. The van der Waals surface area contributed by atoms with Crippen LogP contribution < -0.4 is 14.8 Å². The summed E-state index contributed by atoms with van der Waals surface area (Å²) in [5.74, 6) is 1.47. The van der Waals surface area contributed by atoms with Gasteiger partial charge in [0.05, 0.1) is 6.61 Å². The molecule has 5 nitrogen and oxygen atoms in total. The van der Waals surface area contributed by atoms with Crippen LogP contribution in [0.2, 0.25) is 0 Å². The highest BCUT2D eigenvalue weighted by atomic mass is 16.5. The molecular formula is C24H26N2O3. The summed E-state index contributed by atoms with van der Waals surface area (Å²) in [6, 6.07) is 27.1. The largest absolute Gasteiger partial charge is 0.494 e. The summed E-state index contributed by atoms with van der Waals surface area (Å²) in [7, 11) is 0. The Morgan fingerprint density at radius 2 is 1.24 bits per heavy atom. The van der Waals surface area contributed by atoms with Gasteiger partial charge in [-0.3, -0.25) is 0 Å². The third-order valence-corrected chi connectivity index (χ3v) is 4.32. The number of hydrogen-bond donors (Lipinski definition) is 1. The molecule has 0 fully saturated rings. The number of benzene rings is 3. The Morgan fingerprint density at radius 3 is 1.72 bits per heavy atom. The van der Waals surface area contributed by atoms with Crippen LogP contribution in [0.4, 0.5) is 4.79 Å². The van der Waals surface area contributed by atoms with E-state index in [1.807, 2.05) is 91.9 Å². The Balaban J connectivity index is 1.58. The van der Waals surface area contributed by atoms with E-state index in [0.29, 0.717) is 25.4 Å². The molecule has 0 aromatic heterocycles. The number of amides is 2. The lowest BCUT2D eigenvalue weighted by Crippen LogP contribution is -2.40. The molecule has 1 N–H and O–H groups in total. The molecular weight excluding hydrogens is 364 g/mol. The Hall–Kier alpha value is -3.47. The minimum Gasteiger partial charge on any atom is -0.494 e. The van der Waals surface area contributed by atoms with Crippen LogP contribution in [-0.4, -0.2) is 24.3 Å². The molecule has 150 valence electrons. The second-order valence-electron chi connectivity index (χ2n) is 6.50. The average Bonchev–Trinajstić information content (AvgIpc) is 2.76. The molecule has 0 spiro atoms. The molecule has 0 bridgehead atoms. The van der Waals surface area contributed by atoms with Crippen molar-refractivity contribution in [2.45, 2.75) is 20.0 Å². The van der Waals surface area contributed by atoms with Crippen LogP contribution in [-0.2, 0) is 13.1 Å². The van der Waals surface area contributed by atoms with Crippen molar-refractivity contribution in [1.29, 1.82) is 0 Å². The van der Waals surface area contributed by atoms with Crippen molar-refractivity contribution < 1.29 is 14.3 Å². The summed E-state index contributed by atoms with van der Waals surface area (Å²) < 4.78 is 11.1. The summed E-state index contributed by atoms with van der Waals surface area (Å²) in [5, 5.41) is 2.85. The number of hydrogen-bond acceptors (Lipinski definition) is 3. The lowest BCUT2D eigenvalue weighted by atomic mass is 10.2. The van der Waals surface area contributed by atoms with Gasteiger partial charge in [0.25, 0.3) is 0 Å². The Kier molecular flexibility index (Phi) is 7.52. The fourth-order valence-electron chi connectivity index (χ4n) is 2.90. The minimum atomic E-state index is -0.177. The van der Waals surface area contributed by atoms with Gasteiger partial charge in [-0.15, -0.1) is 0 Å². The molecule has 0 aliphatic rings. The lowest BCUT2D eigenvalue weighted by molar-refractivity contribution is 0.179. The number of carbonyl (C=O) groups is 1. The van der Waals surface area contributed by atoms with Gasteiger partial charge >= 0.3 is 6.03 Å². The highest BCUT2D eigenvalue weighted by Gasteiger charge is 2.14. The lowest BCUT2D eigenvalue weighted by Gasteiger charge is -2.23. The number of carbonyl (C=O) groups excluding carboxylic acids is 1. The monoisotopic (exact) mass is 390 g/mol. The molecule has 2 amide bonds. The van der Waals surface area contributed by atoms with Gasteiger partial charge in [0.1, 0.15) is 11.5 Å². The van der Waals surface area contributed by atoms with Crippen molar-refractivity contribution in [3.8, 4) is 11.5 Å². The van der Waals surface area contributed by atoms with Crippen molar-refractivity contribution in [3.05, 3.63) is 96.1 Å². The second-order valence-corrected chi connectivity index (χ2v) is 6.50. The Morgan fingerprint density at radius 1 is 0.759 bits per heavy atom. The normalized spacial score (nSPS) is 10.2. The summed E-state index contributed by atoms with van der Waals surface area (Å²) in [6.07, 6.45) is 0. The fraction of sp³-hybridized carbons (Fsp3) is 0.208. The van der Waals surface area contributed by atoms with Crippen LogP contribution in [0.1, 0.15) is 18.1 Å². The molecule has 0 unspecified atom stereocenters. The molecule has 3 rings (SSSR count). The molecule has 5 heteroatoms. The zero-order valence-corrected chi connectivity index (χ0v) is 16.6. The molecule has 0 saturated heterocycles. The maximum atomic E-state index is 12.8. The first-order valence-corrected chi connectivity index (χ1v) is 9.71. The van der Waals surface area contributed by atoms with E-state index in [9.17, 15) is 4.79 Å². The summed E-state index contributed by atoms with van der Waals surface area (Å²) >= 11 is 0. The third kappa shape index (κ3) is 6.57. The van der Waals surface area contributed by atoms with Crippen LogP contribution in [0.3, 0.4) is 0 Å². The van der Waals surface area contributed by atoms with Crippen LogP contribution in [0.25, 0.3) is 0 Å². The predicted octanol–water partition coefficient (Wildman–Crippen LogP) is 4.83. The van der Waals surface area contributed by atoms with E-state index in [4.69, 9.17) is 9.47 Å².